The van der Waals surface area contributed by atoms with E-state index in [1.807, 2.05) is 24.3 Å². The molecule has 0 aromatic heterocycles. The van der Waals surface area contributed by atoms with Gasteiger partial charge in [-0.15, -0.1) is 0 Å². The Morgan fingerprint density at radius 1 is 0.667 bits per heavy atom. The van der Waals surface area contributed by atoms with Crippen molar-refractivity contribution in [3.63, 3.8) is 0 Å². The van der Waals surface area contributed by atoms with Crippen LogP contribution in [0.15, 0.2) is 24.3 Å². The standard InChI is InChI=1S/C29H48O4/c1-3-5-6-7-8-9-12-15-18-24-32-28(30)22-16-13-10-11-14-17-23-29(31)33-27-21-19-20-26(4-2)25-27/h19-21,25H,3-18,22-24H2,1-2H3. The van der Waals surface area contributed by atoms with Gasteiger partial charge in [-0.25, -0.2) is 0 Å². The molecule has 188 valence electrons. The van der Waals surface area contributed by atoms with E-state index in [9.17, 15) is 9.59 Å². The summed E-state index contributed by atoms with van der Waals surface area (Å²) < 4.78 is 10.8. The smallest absolute Gasteiger partial charge is 0.311 e. The molecule has 0 unspecified atom stereocenters. The van der Waals surface area contributed by atoms with E-state index < -0.39 is 0 Å². The molecule has 1 aromatic carbocycles. The van der Waals surface area contributed by atoms with Gasteiger partial charge in [-0.2, -0.15) is 0 Å². The molecule has 33 heavy (non-hydrogen) atoms. The van der Waals surface area contributed by atoms with E-state index in [1.165, 1.54) is 56.9 Å². The van der Waals surface area contributed by atoms with Crippen molar-refractivity contribution in [2.75, 3.05) is 6.61 Å². The molecule has 0 N–H and O–H groups in total. The first-order valence-electron chi connectivity index (χ1n) is 13.6. The zero-order valence-corrected chi connectivity index (χ0v) is 21.4. The highest BCUT2D eigenvalue weighted by Crippen LogP contribution is 2.16. The van der Waals surface area contributed by atoms with Gasteiger partial charge in [0.25, 0.3) is 0 Å². The molecular formula is C29H48O4. The Morgan fingerprint density at radius 2 is 1.21 bits per heavy atom. The van der Waals surface area contributed by atoms with E-state index in [0.29, 0.717) is 25.2 Å². The fraction of sp³-hybridized carbons (Fsp3) is 0.724. The predicted molar refractivity (Wildman–Crippen MR) is 137 cm³/mol. The van der Waals surface area contributed by atoms with Crippen molar-refractivity contribution >= 4 is 11.9 Å². The Morgan fingerprint density at radius 3 is 1.82 bits per heavy atom. The van der Waals surface area contributed by atoms with Crippen LogP contribution >= 0.6 is 0 Å². The van der Waals surface area contributed by atoms with Crippen LogP contribution in [0.3, 0.4) is 0 Å². The molecule has 0 aliphatic rings. The zero-order valence-electron chi connectivity index (χ0n) is 21.4. The minimum atomic E-state index is -0.155. The molecule has 0 radical (unpaired) electrons. The van der Waals surface area contributed by atoms with Crippen LogP contribution in [0.4, 0.5) is 0 Å². The predicted octanol–water partition coefficient (Wildman–Crippen LogP) is 8.35. The minimum Gasteiger partial charge on any atom is -0.466 e. The molecule has 0 spiro atoms. The lowest BCUT2D eigenvalue weighted by Crippen LogP contribution is -2.07. The Labute approximate surface area is 202 Å². The topological polar surface area (TPSA) is 52.6 Å². The van der Waals surface area contributed by atoms with E-state index in [2.05, 4.69) is 13.8 Å². The van der Waals surface area contributed by atoms with Crippen molar-refractivity contribution in [2.45, 2.75) is 129 Å². The first-order chi connectivity index (χ1) is 16.2. The summed E-state index contributed by atoms with van der Waals surface area (Å²) in [5, 5.41) is 0. The van der Waals surface area contributed by atoms with Crippen LogP contribution in [0.2, 0.25) is 0 Å². The summed E-state index contributed by atoms with van der Waals surface area (Å²) in [6.45, 7) is 4.91. The van der Waals surface area contributed by atoms with Crippen LogP contribution in [0.5, 0.6) is 5.75 Å². The largest absolute Gasteiger partial charge is 0.466 e. The van der Waals surface area contributed by atoms with E-state index in [-0.39, 0.29) is 11.9 Å². The summed E-state index contributed by atoms with van der Waals surface area (Å²) in [7, 11) is 0. The molecule has 0 fully saturated rings. The maximum absolute atomic E-state index is 12.0. The highest BCUT2D eigenvalue weighted by molar-refractivity contribution is 5.72. The molecule has 0 aliphatic carbocycles. The third kappa shape index (κ3) is 17.3. The fourth-order valence-electron chi connectivity index (χ4n) is 3.93. The van der Waals surface area contributed by atoms with Gasteiger partial charge in [0.05, 0.1) is 6.61 Å². The van der Waals surface area contributed by atoms with Crippen LogP contribution in [-0.2, 0) is 20.7 Å². The summed E-state index contributed by atoms with van der Waals surface area (Å²) in [5.41, 5.74) is 1.17. The first kappa shape index (κ1) is 29.2. The van der Waals surface area contributed by atoms with Gasteiger partial charge >= 0.3 is 11.9 Å². The average Bonchev–Trinajstić information content (AvgIpc) is 2.82. The second-order valence-electron chi connectivity index (χ2n) is 9.15. The molecule has 0 bridgehead atoms. The molecule has 0 saturated carbocycles. The number of rotatable bonds is 21. The average molecular weight is 461 g/mol. The Balaban J connectivity index is 1.86. The highest BCUT2D eigenvalue weighted by Gasteiger charge is 2.06. The van der Waals surface area contributed by atoms with Crippen molar-refractivity contribution in [1.29, 1.82) is 0 Å². The molecule has 4 heteroatoms. The van der Waals surface area contributed by atoms with Gasteiger partial charge in [0, 0.05) is 12.8 Å². The molecule has 0 saturated heterocycles. The quantitative estimate of drug-likeness (QED) is 0.105. The lowest BCUT2D eigenvalue weighted by Gasteiger charge is -2.06. The maximum atomic E-state index is 12.0. The van der Waals surface area contributed by atoms with Crippen molar-refractivity contribution in [3.8, 4) is 5.75 Å². The summed E-state index contributed by atoms with van der Waals surface area (Å²) in [6.07, 6.45) is 19.4. The number of carbonyl (C=O) groups excluding carboxylic acids is 2. The molecule has 0 heterocycles. The van der Waals surface area contributed by atoms with Gasteiger partial charge < -0.3 is 9.47 Å². The lowest BCUT2D eigenvalue weighted by molar-refractivity contribution is -0.144. The van der Waals surface area contributed by atoms with Gasteiger partial charge in [-0.3, -0.25) is 9.59 Å². The Kier molecular flexibility index (Phi) is 18.4. The van der Waals surface area contributed by atoms with Crippen LogP contribution in [0, 0.1) is 0 Å². The second-order valence-corrected chi connectivity index (χ2v) is 9.15. The normalized spacial score (nSPS) is 10.8. The van der Waals surface area contributed by atoms with Gasteiger partial charge in [0.2, 0.25) is 0 Å². The third-order valence-electron chi connectivity index (χ3n) is 6.06. The number of ether oxygens (including phenoxy) is 2. The maximum Gasteiger partial charge on any atom is 0.311 e. The summed E-state index contributed by atoms with van der Waals surface area (Å²) in [6, 6.07) is 7.72. The molecule has 1 rings (SSSR count). The van der Waals surface area contributed by atoms with Gasteiger partial charge in [0.1, 0.15) is 5.75 Å². The minimum absolute atomic E-state index is 0.0514. The van der Waals surface area contributed by atoms with Crippen LogP contribution in [-0.4, -0.2) is 18.5 Å². The summed E-state index contributed by atoms with van der Waals surface area (Å²) in [4.78, 5) is 23.8. The van der Waals surface area contributed by atoms with Gasteiger partial charge in [-0.1, -0.05) is 103 Å². The number of aryl methyl sites for hydroxylation is 1. The zero-order chi connectivity index (χ0) is 24.0. The van der Waals surface area contributed by atoms with Crippen LogP contribution in [0.25, 0.3) is 0 Å². The van der Waals surface area contributed by atoms with E-state index in [1.54, 1.807) is 0 Å². The summed E-state index contributed by atoms with van der Waals surface area (Å²) >= 11 is 0. The molecule has 1 aromatic rings. The first-order valence-corrected chi connectivity index (χ1v) is 13.6. The highest BCUT2D eigenvalue weighted by atomic mass is 16.5. The lowest BCUT2D eigenvalue weighted by atomic mass is 10.1. The number of esters is 2. The number of hydrogen-bond acceptors (Lipinski definition) is 4. The number of benzene rings is 1. The molecule has 4 nitrogen and oxygen atoms in total. The number of hydrogen-bond donors (Lipinski definition) is 0. The second kappa shape index (κ2) is 20.7. The SMILES string of the molecule is CCCCCCCCCCCOC(=O)CCCCCCCCC(=O)Oc1cccc(CC)c1. The van der Waals surface area contributed by atoms with Crippen molar-refractivity contribution < 1.29 is 19.1 Å². The van der Waals surface area contributed by atoms with E-state index in [0.717, 1.165) is 51.4 Å². The van der Waals surface area contributed by atoms with Gasteiger partial charge in [-0.05, 0) is 43.4 Å². The Hall–Kier alpha value is -1.84. The van der Waals surface area contributed by atoms with E-state index >= 15 is 0 Å². The molecule has 0 atom stereocenters. The monoisotopic (exact) mass is 460 g/mol. The third-order valence-corrected chi connectivity index (χ3v) is 6.06. The van der Waals surface area contributed by atoms with Crippen molar-refractivity contribution in [2.24, 2.45) is 0 Å². The molecular weight excluding hydrogens is 412 g/mol. The van der Waals surface area contributed by atoms with Crippen LogP contribution in [0.1, 0.15) is 129 Å². The van der Waals surface area contributed by atoms with E-state index in [4.69, 9.17) is 9.47 Å². The number of carbonyl (C=O) groups is 2. The number of unbranched alkanes of at least 4 members (excludes halogenated alkanes) is 13. The van der Waals surface area contributed by atoms with Crippen molar-refractivity contribution in [1.82, 2.24) is 0 Å². The molecule has 0 aliphatic heterocycles. The van der Waals surface area contributed by atoms with Crippen LogP contribution < -0.4 is 4.74 Å². The summed E-state index contributed by atoms with van der Waals surface area (Å²) in [5.74, 6) is 0.437. The van der Waals surface area contributed by atoms with Gasteiger partial charge in [0.15, 0.2) is 0 Å². The molecule has 0 amide bonds. The van der Waals surface area contributed by atoms with Crippen molar-refractivity contribution in [3.05, 3.63) is 29.8 Å². The fourth-order valence-corrected chi connectivity index (χ4v) is 3.93. The Bertz CT molecular complexity index is 626.